The topological polar surface area (TPSA) is 78.9 Å². The van der Waals surface area contributed by atoms with Crippen molar-refractivity contribution in [2.45, 2.75) is 6.10 Å². The number of anilines is 1. The third kappa shape index (κ3) is 2.51. The van der Waals surface area contributed by atoms with Crippen LogP contribution in [0.3, 0.4) is 0 Å². The van der Waals surface area contributed by atoms with E-state index < -0.39 is 6.10 Å². The maximum Gasteiger partial charge on any atom is 0.270 e. The Hall–Kier alpha value is -3.00. The van der Waals surface area contributed by atoms with Crippen LogP contribution in [-0.2, 0) is 4.79 Å². The Morgan fingerprint density at radius 1 is 1.08 bits per heavy atom. The molecule has 1 aromatic heterocycles. The largest absolute Gasteiger partial charge is 0.485 e. The van der Waals surface area contributed by atoms with Crippen molar-refractivity contribution in [1.29, 1.82) is 0 Å². The van der Waals surface area contributed by atoms with Gasteiger partial charge in [-0.05, 0) is 12.1 Å². The van der Waals surface area contributed by atoms with Gasteiger partial charge in [0.2, 0.25) is 12.9 Å². The molecule has 2 aliphatic rings. The van der Waals surface area contributed by atoms with E-state index in [0.29, 0.717) is 28.1 Å². The van der Waals surface area contributed by atoms with Gasteiger partial charge < -0.3 is 18.9 Å². The van der Waals surface area contributed by atoms with E-state index in [-0.39, 0.29) is 19.3 Å². The summed E-state index contributed by atoms with van der Waals surface area (Å²) in [6, 6.07) is 10.9. The number of fused-ring (bicyclic) bond motifs is 3. The van der Waals surface area contributed by atoms with Gasteiger partial charge in [0.1, 0.15) is 6.61 Å². The molecule has 1 N–H and O–H groups in total. The standard InChI is InChI=1S/C17H12N2O5S/c20-16(14-7-21-10-3-1-2-4-11(10)24-14)19-17-18-9-5-12-13(23-8-22-12)6-15(9)25-17/h1-6,14H,7-8H2,(H,18,19,20). The van der Waals surface area contributed by atoms with Crippen molar-refractivity contribution in [3.63, 3.8) is 0 Å². The number of ether oxygens (including phenoxy) is 4. The Morgan fingerprint density at radius 3 is 2.76 bits per heavy atom. The molecule has 1 amide bonds. The maximum atomic E-state index is 12.5. The Labute approximate surface area is 146 Å². The van der Waals surface area contributed by atoms with E-state index in [9.17, 15) is 4.79 Å². The highest BCUT2D eigenvalue weighted by molar-refractivity contribution is 7.22. The van der Waals surface area contributed by atoms with Crippen LogP contribution in [0.5, 0.6) is 23.0 Å². The lowest BCUT2D eigenvalue weighted by atomic mass is 10.2. The molecule has 0 saturated heterocycles. The smallest absolute Gasteiger partial charge is 0.270 e. The maximum absolute atomic E-state index is 12.5. The summed E-state index contributed by atoms with van der Waals surface area (Å²) in [5, 5.41) is 3.28. The van der Waals surface area contributed by atoms with Gasteiger partial charge in [-0.3, -0.25) is 10.1 Å². The van der Waals surface area contributed by atoms with Crippen LogP contribution in [0.1, 0.15) is 0 Å². The zero-order valence-corrected chi connectivity index (χ0v) is 13.7. The van der Waals surface area contributed by atoms with E-state index in [1.165, 1.54) is 11.3 Å². The van der Waals surface area contributed by atoms with Crippen LogP contribution >= 0.6 is 11.3 Å². The Balaban J connectivity index is 1.35. The second-order valence-corrected chi connectivity index (χ2v) is 6.58. The number of nitrogens with zero attached hydrogens (tertiary/aromatic N) is 1. The van der Waals surface area contributed by atoms with E-state index in [1.54, 1.807) is 18.2 Å². The third-order valence-electron chi connectivity index (χ3n) is 3.91. The molecule has 25 heavy (non-hydrogen) atoms. The summed E-state index contributed by atoms with van der Waals surface area (Å²) in [6.45, 7) is 0.375. The van der Waals surface area contributed by atoms with Gasteiger partial charge in [0, 0.05) is 12.1 Å². The predicted molar refractivity (Wildman–Crippen MR) is 90.7 cm³/mol. The number of hydrogen-bond acceptors (Lipinski definition) is 7. The first kappa shape index (κ1) is 14.4. The van der Waals surface area contributed by atoms with Crippen molar-refractivity contribution in [3.8, 4) is 23.0 Å². The number of rotatable bonds is 2. The van der Waals surface area contributed by atoms with Crippen molar-refractivity contribution in [3.05, 3.63) is 36.4 Å². The second-order valence-electron chi connectivity index (χ2n) is 5.55. The number of amides is 1. The molecule has 0 radical (unpaired) electrons. The molecule has 1 unspecified atom stereocenters. The summed E-state index contributed by atoms with van der Waals surface area (Å²) >= 11 is 1.37. The minimum atomic E-state index is -0.724. The SMILES string of the molecule is O=C(Nc1nc2cc3c(cc2s1)OCO3)C1COc2ccccc2O1. The molecule has 0 spiro atoms. The van der Waals surface area contributed by atoms with Crippen molar-refractivity contribution in [2.75, 3.05) is 18.7 Å². The van der Waals surface area contributed by atoms with E-state index >= 15 is 0 Å². The van der Waals surface area contributed by atoms with Crippen molar-refractivity contribution in [2.24, 2.45) is 0 Å². The fourth-order valence-corrected chi connectivity index (χ4v) is 3.59. The number of thiazole rings is 1. The van der Waals surface area contributed by atoms with Crippen LogP contribution in [-0.4, -0.2) is 30.4 Å². The molecule has 0 fully saturated rings. The molecule has 2 aliphatic heterocycles. The van der Waals surface area contributed by atoms with Gasteiger partial charge >= 0.3 is 0 Å². The molecule has 126 valence electrons. The fraction of sp³-hybridized carbons (Fsp3) is 0.176. The second kappa shape index (κ2) is 5.52. The Kier molecular flexibility index (Phi) is 3.17. The number of aromatic nitrogens is 1. The van der Waals surface area contributed by atoms with Crippen LogP contribution < -0.4 is 24.3 Å². The highest BCUT2D eigenvalue weighted by Gasteiger charge is 2.28. The first-order chi connectivity index (χ1) is 12.3. The molecule has 8 heteroatoms. The zero-order chi connectivity index (χ0) is 16.8. The van der Waals surface area contributed by atoms with Crippen molar-refractivity contribution in [1.82, 2.24) is 4.98 Å². The molecule has 2 aromatic carbocycles. The fourth-order valence-electron chi connectivity index (χ4n) is 2.71. The van der Waals surface area contributed by atoms with Gasteiger partial charge in [-0.1, -0.05) is 23.5 Å². The van der Waals surface area contributed by atoms with Gasteiger partial charge in [-0.2, -0.15) is 0 Å². The molecule has 0 saturated carbocycles. The van der Waals surface area contributed by atoms with Crippen LogP contribution in [0.2, 0.25) is 0 Å². The number of benzene rings is 2. The first-order valence-electron chi connectivity index (χ1n) is 7.66. The number of hydrogen-bond donors (Lipinski definition) is 1. The molecule has 1 atom stereocenters. The lowest BCUT2D eigenvalue weighted by Gasteiger charge is -2.25. The number of para-hydroxylation sites is 2. The average molecular weight is 356 g/mol. The lowest BCUT2D eigenvalue weighted by Crippen LogP contribution is -2.40. The van der Waals surface area contributed by atoms with Gasteiger partial charge in [-0.25, -0.2) is 4.98 Å². The van der Waals surface area contributed by atoms with Crippen LogP contribution in [0.25, 0.3) is 10.2 Å². The highest BCUT2D eigenvalue weighted by Crippen LogP contribution is 2.39. The normalized spacial score (nSPS) is 17.5. The van der Waals surface area contributed by atoms with E-state index in [2.05, 4.69) is 10.3 Å². The predicted octanol–water partition coefficient (Wildman–Crippen LogP) is 2.80. The molecule has 5 rings (SSSR count). The number of carbonyl (C=O) groups is 1. The summed E-state index contributed by atoms with van der Waals surface area (Å²) in [5.41, 5.74) is 0.746. The molecular weight excluding hydrogens is 344 g/mol. The minimum absolute atomic E-state index is 0.156. The summed E-state index contributed by atoms with van der Waals surface area (Å²) in [4.78, 5) is 16.9. The molecule has 3 aromatic rings. The highest BCUT2D eigenvalue weighted by atomic mass is 32.1. The van der Waals surface area contributed by atoms with Gasteiger partial charge in [0.05, 0.1) is 10.2 Å². The molecule has 0 bridgehead atoms. The first-order valence-corrected chi connectivity index (χ1v) is 8.47. The van der Waals surface area contributed by atoms with Crippen LogP contribution in [0, 0.1) is 0 Å². The minimum Gasteiger partial charge on any atom is -0.485 e. The van der Waals surface area contributed by atoms with E-state index in [0.717, 1.165) is 10.2 Å². The van der Waals surface area contributed by atoms with E-state index in [1.807, 2.05) is 18.2 Å². The lowest BCUT2D eigenvalue weighted by molar-refractivity contribution is -0.125. The Bertz CT molecular complexity index is 945. The molecular formula is C17H12N2O5S. The monoisotopic (exact) mass is 356 g/mol. The summed E-state index contributed by atoms with van der Waals surface area (Å²) in [6.07, 6.45) is -0.724. The molecule has 0 aliphatic carbocycles. The summed E-state index contributed by atoms with van der Waals surface area (Å²) in [7, 11) is 0. The van der Waals surface area contributed by atoms with Gasteiger partial charge in [-0.15, -0.1) is 0 Å². The van der Waals surface area contributed by atoms with E-state index in [4.69, 9.17) is 18.9 Å². The number of carbonyl (C=O) groups excluding carboxylic acids is 1. The van der Waals surface area contributed by atoms with Crippen molar-refractivity contribution >= 4 is 32.6 Å². The zero-order valence-electron chi connectivity index (χ0n) is 12.9. The van der Waals surface area contributed by atoms with Crippen molar-refractivity contribution < 1.29 is 23.7 Å². The van der Waals surface area contributed by atoms with Crippen LogP contribution in [0.15, 0.2) is 36.4 Å². The van der Waals surface area contributed by atoms with Gasteiger partial charge in [0.15, 0.2) is 28.1 Å². The summed E-state index contributed by atoms with van der Waals surface area (Å²) in [5.74, 6) is 2.25. The number of nitrogens with one attached hydrogen (secondary N) is 1. The van der Waals surface area contributed by atoms with Crippen LogP contribution in [0.4, 0.5) is 5.13 Å². The molecule has 7 nitrogen and oxygen atoms in total. The Morgan fingerprint density at radius 2 is 1.88 bits per heavy atom. The van der Waals surface area contributed by atoms with Gasteiger partial charge in [0.25, 0.3) is 5.91 Å². The third-order valence-corrected chi connectivity index (χ3v) is 4.85. The summed E-state index contributed by atoms with van der Waals surface area (Å²) < 4.78 is 22.9. The average Bonchev–Trinajstić information content (AvgIpc) is 3.24. The quantitative estimate of drug-likeness (QED) is 0.761. The molecule has 3 heterocycles.